The SMILES string of the molecule is Cc1ccc(C)cc1.Cc1ccc(C)cc1.Cc1ccccc1.Cc1ccccc1.Cc1ccccc1. The average molecular weight is 489 g/mol. The smallest absolute Gasteiger partial charge is 0.0398 e. The van der Waals surface area contributed by atoms with E-state index in [1.54, 1.807) is 0 Å². The van der Waals surface area contributed by atoms with E-state index >= 15 is 0 Å². The Morgan fingerprint density at radius 2 is 0.324 bits per heavy atom. The molecule has 0 bridgehead atoms. The summed E-state index contributed by atoms with van der Waals surface area (Å²) in [5, 5.41) is 0. The van der Waals surface area contributed by atoms with Crippen molar-refractivity contribution in [3.05, 3.63) is 178 Å². The summed E-state index contributed by atoms with van der Waals surface area (Å²) >= 11 is 0. The predicted octanol–water partition coefficient (Wildman–Crippen LogP) is 10.6. The molecule has 0 radical (unpaired) electrons. The predicted molar refractivity (Wildman–Crippen MR) is 165 cm³/mol. The van der Waals surface area contributed by atoms with Gasteiger partial charge in [0.05, 0.1) is 0 Å². The van der Waals surface area contributed by atoms with Gasteiger partial charge in [0.1, 0.15) is 0 Å². The zero-order chi connectivity index (χ0) is 27.3. The summed E-state index contributed by atoms with van der Waals surface area (Å²) in [6.45, 7) is 14.6. The van der Waals surface area contributed by atoms with Crippen LogP contribution in [0.3, 0.4) is 0 Å². The molecule has 37 heavy (non-hydrogen) atoms. The second kappa shape index (κ2) is 19.3. The van der Waals surface area contributed by atoms with Gasteiger partial charge in [0.15, 0.2) is 0 Å². The molecule has 0 aromatic heterocycles. The maximum absolute atomic E-state index is 2.12. The Bertz CT molecular complexity index is 997. The van der Waals surface area contributed by atoms with E-state index in [9.17, 15) is 0 Å². The van der Waals surface area contributed by atoms with Gasteiger partial charge in [-0.05, 0) is 48.5 Å². The summed E-state index contributed by atoms with van der Waals surface area (Å²) in [7, 11) is 0. The van der Waals surface area contributed by atoms with Gasteiger partial charge in [-0.2, -0.15) is 0 Å². The quantitative estimate of drug-likeness (QED) is 0.203. The summed E-state index contributed by atoms with van der Waals surface area (Å²) in [6, 6.07) is 47.7. The van der Waals surface area contributed by atoms with Crippen molar-refractivity contribution in [1.29, 1.82) is 0 Å². The van der Waals surface area contributed by atoms with Crippen molar-refractivity contribution in [1.82, 2.24) is 0 Å². The van der Waals surface area contributed by atoms with Crippen LogP contribution >= 0.6 is 0 Å². The number of rotatable bonds is 0. The molecule has 0 fully saturated rings. The standard InChI is InChI=1S/2C8H10.3C7H8/c2*1-7-3-5-8(2)6-4-7;3*1-7-5-3-2-4-6-7/h2*3-6H,1-2H3;3*2-6H,1H3. The van der Waals surface area contributed by atoms with Crippen LogP contribution in [-0.4, -0.2) is 0 Å². The topological polar surface area (TPSA) is 0 Å². The third kappa shape index (κ3) is 18.1. The first kappa shape index (κ1) is 31.1. The Morgan fingerprint density at radius 3 is 0.432 bits per heavy atom. The summed E-state index contributed by atoms with van der Waals surface area (Å²) < 4.78 is 0. The normalized spacial score (nSPS) is 8.95. The van der Waals surface area contributed by atoms with E-state index in [1.165, 1.54) is 38.9 Å². The summed E-state index contributed by atoms with van der Waals surface area (Å²) in [6.07, 6.45) is 0. The van der Waals surface area contributed by atoms with E-state index in [2.05, 4.69) is 133 Å². The van der Waals surface area contributed by atoms with Gasteiger partial charge in [0.2, 0.25) is 0 Å². The summed E-state index contributed by atoms with van der Waals surface area (Å²) in [5.41, 5.74) is 9.28. The van der Waals surface area contributed by atoms with Gasteiger partial charge in [0.25, 0.3) is 0 Å². The van der Waals surface area contributed by atoms with Crippen LogP contribution in [0.2, 0.25) is 0 Å². The second-order valence-electron chi connectivity index (χ2n) is 9.27. The van der Waals surface area contributed by atoms with Gasteiger partial charge in [-0.1, -0.05) is 178 Å². The minimum absolute atomic E-state index is 1.32. The molecule has 192 valence electrons. The van der Waals surface area contributed by atoms with Gasteiger partial charge in [0, 0.05) is 0 Å². The van der Waals surface area contributed by atoms with Gasteiger partial charge in [-0.25, -0.2) is 0 Å². The first-order valence-electron chi connectivity index (χ1n) is 12.9. The van der Waals surface area contributed by atoms with E-state index < -0.39 is 0 Å². The molecule has 5 rings (SSSR count). The molecule has 0 amide bonds. The maximum atomic E-state index is 2.12. The van der Waals surface area contributed by atoms with E-state index in [-0.39, 0.29) is 0 Å². The van der Waals surface area contributed by atoms with Crippen LogP contribution in [0, 0.1) is 48.5 Å². The fraction of sp³-hybridized carbons (Fsp3) is 0.189. The first-order valence-corrected chi connectivity index (χ1v) is 12.9. The number of benzene rings is 5. The minimum atomic E-state index is 1.32. The molecule has 0 atom stereocenters. The molecule has 5 aromatic rings. The van der Waals surface area contributed by atoms with Gasteiger partial charge in [-0.3, -0.25) is 0 Å². The largest absolute Gasteiger partial charge is 0.0622 e. The van der Waals surface area contributed by atoms with Crippen molar-refractivity contribution in [2.75, 3.05) is 0 Å². The third-order valence-corrected chi connectivity index (χ3v) is 5.26. The van der Waals surface area contributed by atoms with E-state index in [0.717, 1.165) is 0 Å². The lowest BCUT2D eigenvalue weighted by atomic mass is 10.2. The van der Waals surface area contributed by atoms with Gasteiger partial charge in [-0.15, -0.1) is 0 Å². The molecule has 0 N–H and O–H groups in total. The Morgan fingerprint density at radius 1 is 0.189 bits per heavy atom. The Balaban J connectivity index is 0.000000232. The molecule has 0 aliphatic heterocycles. The van der Waals surface area contributed by atoms with Crippen LogP contribution in [0.25, 0.3) is 0 Å². The first-order chi connectivity index (χ1) is 17.8. The molecule has 5 aromatic carbocycles. The molecule has 0 aliphatic carbocycles. The molecule has 0 aliphatic rings. The lowest BCUT2D eigenvalue weighted by Gasteiger charge is -1.90. The highest BCUT2D eigenvalue weighted by molar-refractivity contribution is 5.20. The van der Waals surface area contributed by atoms with E-state index in [1.807, 2.05) is 54.6 Å². The molecular weight excluding hydrogens is 444 g/mol. The van der Waals surface area contributed by atoms with E-state index in [4.69, 9.17) is 0 Å². The van der Waals surface area contributed by atoms with Crippen molar-refractivity contribution in [3.8, 4) is 0 Å². The average Bonchev–Trinajstić information content (AvgIpc) is 2.90. The molecule has 0 spiro atoms. The zero-order valence-electron chi connectivity index (χ0n) is 23.8. The molecule has 0 nitrogen and oxygen atoms in total. The van der Waals surface area contributed by atoms with Crippen LogP contribution in [0.5, 0.6) is 0 Å². The summed E-state index contributed by atoms with van der Waals surface area (Å²) in [5.74, 6) is 0. The number of aryl methyl sites for hydroxylation is 7. The molecule has 0 unspecified atom stereocenters. The van der Waals surface area contributed by atoms with Gasteiger partial charge >= 0.3 is 0 Å². The highest BCUT2D eigenvalue weighted by atomic mass is 13.9. The zero-order valence-corrected chi connectivity index (χ0v) is 23.8. The third-order valence-electron chi connectivity index (χ3n) is 5.26. The van der Waals surface area contributed by atoms with E-state index in [0.29, 0.717) is 0 Å². The number of hydrogen-bond donors (Lipinski definition) is 0. The highest BCUT2D eigenvalue weighted by Gasteiger charge is 1.80. The van der Waals surface area contributed by atoms with Crippen molar-refractivity contribution in [3.63, 3.8) is 0 Å². The fourth-order valence-electron chi connectivity index (χ4n) is 2.88. The Hall–Kier alpha value is -3.90. The monoisotopic (exact) mass is 488 g/mol. The maximum Gasteiger partial charge on any atom is -0.0398 e. The number of hydrogen-bond acceptors (Lipinski definition) is 0. The van der Waals surface area contributed by atoms with Crippen LogP contribution in [0.15, 0.2) is 140 Å². The van der Waals surface area contributed by atoms with Crippen LogP contribution in [-0.2, 0) is 0 Å². The highest BCUT2D eigenvalue weighted by Crippen LogP contribution is 2.00. The second-order valence-corrected chi connectivity index (χ2v) is 9.27. The van der Waals surface area contributed by atoms with Crippen LogP contribution < -0.4 is 0 Å². The fourth-order valence-corrected chi connectivity index (χ4v) is 2.88. The van der Waals surface area contributed by atoms with Gasteiger partial charge < -0.3 is 0 Å². The van der Waals surface area contributed by atoms with Crippen molar-refractivity contribution < 1.29 is 0 Å². The Labute approximate surface area is 226 Å². The molecule has 0 saturated carbocycles. The summed E-state index contributed by atoms with van der Waals surface area (Å²) in [4.78, 5) is 0. The lowest BCUT2D eigenvalue weighted by molar-refractivity contribution is 1.40. The van der Waals surface area contributed by atoms with Crippen molar-refractivity contribution in [2.45, 2.75) is 48.5 Å². The lowest BCUT2D eigenvalue weighted by Crippen LogP contribution is -1.70. The van der Waals surface area contributed by atoms with Crippen LogP contribution in [0.1, 0.15) is 38.9 Å². The molecule has 0 heterocycles. The minimum Gasteiger partial charge on any atom is -0.0622 e. The Kier molecular flexibility index (Phi) is 16.2. The molecule has 0 heteroatoms. The van der Waals surface area contributed by atoms with Crippen molar-refractivity contribution in [2.24, 2.45) is 0 Å². The van der Waals surface area contributed by atoms with Crippen LogP contribution in [0.4, 0.5) is 0 Å². The molecular formula is C37H44. The molecule has 0 saturated heterocycles. The van der Waals surface area contributed by atoms with Crippen molar-refractivity contribution >= 4 is 0 Å².